The predicted octanol–water partition coefficient (Wildman–Crippen LogP) is 1.77. The van der Waals surface area contributed by atoms with Gasteiger partial charge in [0.25, 0.3) is 0 Å². The summed E-state index contributed by atoms with van der Waals surface area (Å²) in [7, 11) is 0. The number of hydrogen-bond donors (Lipinski definition) is 0. The molecule has 78 valence electrons. The summed E-state index contributed by atoms with van der Waals surface area (Å²) < 4.78 is 9.65. The summed E-state index contributed by atoms with van der Waals surface area (Å²) in [5, 5.41) is 8.58. The number of nitrogens with zero attached hydrogens (tertiary/aromatic N) is 1. The van der Waals surface area contributed by atoms with Crippen molar-refractivity contribution in [2.24, 2.45) is 0 Å². The summed E-state index contributed by atoms with van der Waals surface area (Å²) in [6.07, 6.45) is 2.89. The van der Waals surface area contributed by atoms with E-state index in [1.807, 2.05) is 6.92 Å². The highest BCUT2D eigenvalue weighted by Crippen LogP contribution is 1.99. The number of carbonyl (C=O) groups is 1. The van der Waals surface area contributed by atoms with Crippen molar-refractivity contribution in [3.63, 3.8) is 0 Å². The fourth-order valence-electron chi connectivity index (χ4n) is 0.674. The van der Waals surface area contributed by atoms with Gasteiger partial charge in [-0.25, -0.2) is 4.79 Å². The van der Waals surface area contributed by atoms with E-state index in [-0.39, 0.29) is 5.57 Å². The van der Waals surface area contributed by atoms with Crippen molar-refractivity contribution in [3.05, 3.63) is 11.8 Å². The third kappa shape index (κ3) is 5.20. The van der Waals surface area contributed by atoms with E-state index < -0.39 is 5.97 Å². The molecule has 0 radical (unpaired) electrons. The number of ether oxygens (including phenoxy) is 2. The Hall–Kier alpha value is -1.50. The second-order valence-electron chi connectivity index (χ2n) is 2.59. The third-order valence-electron chi connectivity index (χ3n) is 1.44. The van der Waals surface area contributed by atoms with Crippen molar-refractivity contribution >= 4 is 5.97 Å². The first-order valence-electron chi connectivity index (χ1n) is 4.65. The lowest BCUT2D eigenvalue weighted by molar-refractivity contribution is -0.138. The van der Waals surface area contributed by atoms with Crippen LogP contribution in [0.2, 0.25) is 0 Å². The molecule has 4 heteroatoms. The fourth-order valence-corrected chi connectivity index (χ4v) is 0.674. The van der Waals surface area contributed by atoms with Gasteiger partial charge in [-0.1, -0.05) is 13.3 Å². The first-order chi connectivity index (χ1) is 6.76. The number of hydrogen-bond acceptors (Lipinski definition) is 4. The van der Waals surface area contributed by atoms with Gasteiger partial charge in [-0.3, -0.25) is 0 Å². The fraction of sp³-hybridized carbons (Fsp3) is 0.600. The summed E-state index contributed by atoms with van der Waals surface area (Å²) in [5.41, 5.74) is -0.0945. The standard InChI is InChI=1S/C10H15NO3/c1-3-5-6-14-10(12)9(7-11)8-13-4-2/h8H,3-6H2,1-2H3. The topological polar surface area (TPSA) is 59.3 Å². The van der Waals surface area contributed by atoms with Gasteiger partial charge in [0.1, 0.15) is 12.3 Å². The maximum absolute atomic E-state index is 11.2. The highest BCUT2D eigenvalue weighted by Gasteiger charge is 2.10. The van der Waals surface area contributed by atoms with Crippen molar-refractivity contribution in [3.8, 4) is 6.07 Å². The quantitative estimate of drug-likeness (QED) is 0.214. The highest BCUT2D eigenvalue weighted by atomic mass is 16.5. The van der Waals surface area contributed by atoms with Crippen LogP contribution < -0.4 is 0 Å². The second kappa shape index (κ2) is 8.11. The van der Waals surface area contributed by atoms with Gasteiger partial charge in [-0.2, -0.15) is 5.26 Å². The van der Waals surface area contributed by atoms with Crippen molar-refractivity contribution in [1.29, 1.82) is 5.26 Å². The van der Waals surface area contributed by atoms with Crippen LogP contribution in [0.25, 0.3) is 0 Å². The first-order valence-corrected chi connectivity index (χ1v) is 4.65. The number of unbranched alkanes of at least 4 members (excludes halogenated alkanes) is 1. The molecule has 0 heterocycles. The second-order valence-corrected chi connectivity index (χ2v) is 2.59. The van der Waals surface area contributed by atoms with Crippen LogP contribution in [0.4, 0.5) is 0 Å². The Morgan fingerprint density at radius 2 is 2.21 bits per heavy atom. The average molecular weight is 197 g/mol. The van der Waals surface area contributed by atoms with Crippen LogP contribution in [0.1, 0.15) is 26.7 Å². The predicted molar refractivity (Wildman–Crippen MR) is 51.2 cm³/mol. The summed E-state index contributed by atoms with van der Waals surface area (Å²) >= 11 is 0. The van der Waals surface area contributed by atoms with Crippen molar-refractivity contribution in [1.82, 2.24) is 0 Å². The van der Waals surface area contributed by atoms with E-state index in [0.717, 1.165) is 19.1 Å². The molecule has 0 aromatic heterocycles. The Bertz CT molecular complexity index is 240. The van der Waals surface area contributed by atoms with Gasteiger partial charge >= 0.3 is 5.97 Å². The minimum atomic E-state index is -0.616. The van der Waals surface area contributed by atoms with E-state index in [9.17, 15) is 4.79 Å². The number of rotatable bonds is 6. The van der Waals surface area contributed by atoms with E-state index in [1.54, 1.807) is 13.0 Å². The first kappa shape index (κ1) is 12.5. The average Bonchev–Trinajstić information content (AvgIpc) is 2.19. The van der Waals surface area contributed by atoms with Gasteiger partial charge in [0, 0.05) is 0 Å². The minimum Gasteiger partial charge on any atom is -0.500 e. The lowest BCUT2D eigenvalue weighted by Gasteiger charge is -2.02. The molecule has 0 aromatic rings. The Balaban J connectivity index is 4.00. The van der Waals surface area contributed by atoms with Gasteiger partial charge in [0.15, 0.2) is 5.57 Å². The van der Waals surface area contributed by atoms with Crippen LogP contribution in [-0.4, -0.2) is 19.2 Å². The molecule has 0 aliphatic carbocycles. The van der Waals surface area contributed by atoms with Crippen molar-refractivity contribution in [2.75, 3.05) is 13.2 Å². The molecule has 0 unspecified atom stereocenters. The molecule has 14 heavy (non-hydrogen) atoms. The van der Waals surface area contributed by atoms with Gasteiger partial charge in [0.2, 0.25) is 0 Å². The molecular formula is C10H15NO3. The normalized spacial score (nSPS) is 10.5. The Kier molecular flexibility index (Phi) is 7.24. The molecule has 0 amide bonds. The van der Waals surface area contributed by atoms with Gasteiger partial charge in [-0.15, -0.1) is 0 Å². The van der Waals surface area contributed by atoms with Crippen molar-refractivity contribution in [2.45, 2.75) is 26.7 Å². The van der Waals surface area contributed by atoms with Crippen LogP contribution in [0.15, 0.2) is 11.8 Å². The highest BCUT2D eigenvalue weighted by molar-refractivity contribution is 5.92. The molecule has 0 aliphatic rings. The maximum Gasteiger partial charge on any atom is 0.352 e. The van der Waals surface area contributed by atoms with Crippen LogP contribution in [0.5, 0.6) is 0 Å². The van der Waals surface area contributed by atoms with Crippen LogP contribution in [-0.2, 0) is 14.3 Å². The van der Waals surface area contributed by atoms with Gasteiger partial charge in [0.05, 0.1) is 13.2 Å². The van der Waals surface area contributed by atoms with Crippen LogP contribution in [0.3, 0.4) is 0 Å². The molecule has 0 N–H and O–H groups in total. The monoisotopic (exact) mass is 197 g/mol. The number of nitriles is 1. The van der Waals surface area contributed by atoms with E-state index >= 15 is 0 Å². The summed E-state index contributed by atoms with van der Waals surface area (Å²) in [6.45, 7) is 4.54. The van der Waals surface area contributed by atoms with Crippen LogP contribution >= 0.6 is 0 Å². The molecule has 0 bridgehead atoms. The Labute approximate surface area is 84.1 Å². The zero-order valence-corrected chi connectivity index (χ0v) is 8.58. The SMILES string of the molecule is CCCCOC(=O)C(C#N)=COCC. The van der Waals surface area contributed by atoms with Crippen LogP contribution in [0, 0.1) is 11.3 Å². The lowest BCUT2D eigenvalue weighted by Crippen LogP contribution is -2.08. The Morgan fingerprint density at radius 1 is 1.50 bits per heavy atom. The molecule has 0 saturated heterocycles. The van der Waals surface area contributed by atoms with E-state index in [0.29, 0.717) is 13.2 Å². The maximum atomic E-state index is 11.2. The molecule has 0 aliphatic heterocycles. The molecular weight excluding hydrogens is 182 g/mol. The largest absolute Gasteiger partial charge is 0.500 e. The number of carbonyl (C=O) groups excluding carboxylic acids is 1. The zero-order chi connectivity index (χ0) is 10.8. The number of esters is 1. The van der Waals surface area contributed by atoms with E-state index in [1.165, 1.54) is 0 Å². The third-order valence-corrected chi connectivity index (χ3v) is 1.44. The summed E-state index contributed by atoms with van der Waals surface area (Å²) in [4.78, 5) is 11.2. The Morgan fingerprint density at radius 3 is 2.71 bits per heavy atom. The van der Waals surface area contributed by atoms with Gasteiger partial charge < -0.3 is 9.47 Å². The summed E-state index contributed by atoms with van der Waals surface area (Å²) in [5.74, 6) is -0.616. The van der Waals surface area contributed by atoms with Gasteiger partial charge in [-0.05, 0) is 13.3 Å². The minimum absolute atomic E-state index is 0.0945. The molecule has 0 aromatic carbocycles. The smallest absolute Gasteiger partial charge is 0.352 e. The molecule has 0 fully saturated rings. The van der Waals surface area contributed by atoms with E-state index in [2.05, 4.69) is 0 Å². The summed E-state index contributed by atoms with van der Waals surface area (Å²) in [6, 6.07) is 1.73. The van der Waals surface area contributed by atoms with E-state index in [4.69, 9.17) is 14.7 Å². The molecule has 0 rings (SSSR count). The molecule has 0 atom stereocenters. The van der Waals surface area contributed by atoms with Crippen molar-refractivity contribution < 1.29 is 14.3 Å². The molecule has 0 saturated carbocycles. The molecule has 0 spiro atoms. The molecule has 4 nitrogen and oxygen atoms in total. The lowest BCUT2D eigenvalue weighted by atomic mass is 10.3. The zero-order valence-electron chi connectivity index (χ0n) is 8.58.